The molecular weight excluding hydrogens is 240 g/mol. The highest BCUT2D eigenvalue weighted by Gasteiger charge is 2.31. The van der Waals surface area contributed by atoms with Crippen molar-refractivity contribution in [1.29, 1.82) is 0 Å². The molecule has 2 rings (SSSR count). The molecular formula is C11H18N2OS2. The van der Waals surface area contributed by atoms with Gasteiger partial charge in [-0.3, -0.25) is 0 Å². The standard InChI is InChI=1S/C11H18N2OS2/c1-9-12-13-10(14-9)16-8-11(7-15)5-3-2-4-6-11/h15H,2-8H2,1H3. The number of rotatable bonds is 4. The van der Waals surface area contributed by atoms with Crippen molar-refractivity contribution >= 4 is 24.4 Å². The van der Waals surface area contributed by atoms with Gasteiger partial charge in [-0.05, 0) is 24.0 Å². The minimum atomic E-state index is 0.383. The molecule has 0 aromatic carbocycles. The zero-order valence-electron chi connectivity index (χ0n) is 9.61. The minimum Gasteiger partial charge on any atom is -0.416 e. The van der Waals surface area contributed by atoms with E-state index in [1.807, 2.05) is 6.92 Å². The van der Waals surface area contributed by atoms with Gasteiger partial charge in [-0.2, -0.15) is 12.6 Å². The van der Waals surface area contributed by atoms with Crippen molar-refractivity contribution in [2.45, 2.75) is 44.3 Å². The lowest BCUT2D eigenvalue weighted by Crippen LogP contribution is -2.28. The highest BCUT2D eigenvalue weighted by molar-refractivity contribution is 7.99. The number of aryl methyl sites for hydroxylation is 1. The van der Waals surface area contributed by atoms with Crippen molar-refractivity contribution in [2.24, 2.45) is 5.41 Å². The molecule has 90 valence electrons. The van der Waals surface area contributed by atoms with Gasteiger partial charge in [0.05, 0.1) is 0 Å². The van der Waals surface area contributed by atoms with Crippen LogP contribution in [0.2, 0.25) is 0 Å². The van der Waals surface area contributed by atoms with E-state index in [9.17, 15) is 0 Å². The molecule has 0 bridgehead atoms. The molecule has 0 amide bonds. The Hall–Kier alpha value is -0.160. The lowest BCUT2D eigenvalue weighted by atomic mass is 9.77. The Balaban J connectivity index is 1.91. The molecule has 16 heavy (non-hydrogen) atoms. The molecule has 0 unspecified atom stereocenters. The van der Waals surface area contributed by atoms with Crippen molar-refractivity contribution in [3.63, 3.8) is 0 Å². The summed E-state index contributed by atoms with van der Waals surface area (Å²) in [4.78, 5) is 0. The van der Waals surface area contributed by atoms with E-state index in [-0.39, 0.29) is 0 Å². The first kappa shape index (κ1) is 12.3. The fourth-order valence-corrected chi connectivity index (χ4v) is 3.88. The van der Waals surface area contributed by atoms with Crippen LogP contribution in [0.4, 0.5) is 0 Å². The average molecular weight is 258 g/mol. The summed E-state index contributed by atoms with van der Waals surface area (Å²) >= 11 is 6.20. The van der Waals surface area contributed by atoms with Gasteiger partial charge < -0.3 is 4.42 Å². The van der Waals surface area contributed by atoms with Crippen LogP contribution in [-0.4, -0.2) is 21.7 Å². The van der Waals surface area contributed by atoms with Crippen LogP contribution >= 0.6 is 24.4 Å². The fraction of sp³-hybridized carbons (Fsp3) is 0.818. The first-order valence-corrected chi connectivity index (χ1v) is 7.40. The zero-order valence-corrected chi connectivity index (χ0v) is 11.3. The predicted molar refractivity (Wildman–Crippen MR) is 69.1 cm³/mol. The summed E-state index contributed by atoms with van der Waals surface area (Å²) in [6, 6.07) is 0. The van der Waals surface area contributed by atoms with E-state index in [2.05, 4.69) is 22.8 Å². The van der Waals surface area contributed by atoms with Crippen LogP contribution in [0.5, 0.6) is 0 Å². The number of aromatic nitrogens is 2. The van der Waals surface area contributed by atoms with Gasteiger partial charge in [-0.1, -0.05) is 31.0 Å². The molecule has 0 aliphatic heterocycles. The van der Waals surface area contributed by atoms with E-state index < -0.39 is 0 Å². The largest absolute Gasteiger partial charge is 0.416 e. The summed E-state index contributed by atoms with van der Waals surface area (Å²) in [6.07, 6.45) is 6.63. The highest BCUT2D eigenvalue weighted by Crippen LogP contribution is 2.41. The maximum atomic E-state index is 5.38. The Morgan fingerprint density at radius 1 is 1.31 bits per heavy atom. The van der Waals surface area contributed by atoms with E-state index in [0.717, 1.165) is 11.5 Å². The Morgan fingerprint density at radius 2 is 2.06 bits per heavy atom. The Labute approximate surface area is 106 Å². The van der Waals surface area contributed by atoms with Gasteiger partial charge >= 0.3 is 0 Å². The first-order chi connectivity index (χ1) is 7.74. The van der Waals surface area contributed by atoms with Crippen molar-refractivity contribution in [3.8, 4) is 0 Å². The first-order valence-electron chi connectivity index (χ1n) is 5.78. The smallest absolute Gasteiger partial charge is 0.276 e. The molecule has 0 atom stereocenters. The van der Waals surface area contributed by atoms with Gasteiger partial charge in [0.2, 0.25) is 5.89 Å². The molecule has 0 saturated heterocycles. The van der Waals surface area contributed by atoms with Gasteiger partial charge in [-0.15, -0.1) is 10.2 Å². The van der Waals surface area contributed by atoms with Gasteiger partial charge in [0.15, 0.2) is 0 Å². The Morgan fingerprint density at radius 3 is 2.62 bits per heavy atom. The summed E-state index contributed by atoms with van der Waals surface area (Å²) < 4.78 is 5.38. The summed E-state index contributed by atoms with van der Waals surface area (Å²) in [5.74, 6) is 2.66. The van der Waals surface area contributed by atoms with Crippen LogP contribution in [0.1, 0.15) is 38.0 Å². The molecule has 0 spiro atoms. The van der Waals surface area contributed by atoms with Crippen LogP contribution in [0.15, 0.2) is 9.64 Å². The predicted octanol–water partition coefficient (Wildman–Crippen LogP) is 3.35. The monoisotopic (exact) mass is 258 g/mol. The maximum absolute atomic E-state index is 5.38. The highest BCUT2D eigenvalue weighted by atomic mass is 32.2. The molecule has 1 aliphatic rings. The van der Waals surface area contributed by atoms with E-state index >= 15 is 0 Å². The number of hydrogen-bond donors (Lipinski definition) is 1. The molecule has 1 fully saturated rings. The quantitative estimate of drug-likeness (QED) is 0.664. The van der Waals surface area contributed by atoms with Crippen molar-refractivity contribution in [2.75, 3.05) is 11.5 Å². The number of thiol groups is 1. The number of thioether (sulfide) groups is 1. The number of nitrogens with zero attached hydrogens (tertiary/aromatic N) is 2. The van der Waals surface area contributed by atoms with Crippen LogP contribution in [0.3, 0.4) is 0 Å². The third kappa shape index (κ3) is 2.94. The molecule has 3 nitrogen and oxygen atoms in total. The maximum Gasteiger partial charge on any atom is 0.276 e. The van der Waals surface area contributed by atoms with Gasteiger partial charge in [0.25, 0.3) is 5.22 Å². The SMILES string of the molecule is Cc1nnc(SCC2(CS)CCCCC2)o1. The van der Waals surface area contributed by atoms with Gasteiger partial charge in [-0.25, -0.2) is 0 Å². The summed E-state index contributed by atoms with van der Waals surface area (Å²) in [6.45, 7) is 1.83. The third-order valence-corrected chi connectivity index (χ3v) is 5.10. The summed E-state index contributed by atoms with van der Waals surface area (Å²) in [5.41, 5.74) is 0.383. The molecule has 1 saturated carbocycles. The third-order valence-electron chi connectivity index (χ3n) is 3.26. The summed E-state index contributed by atoms with van der Waals surface area (Å²) in [5, 5.41) is 8.56. The second-order valence-corrected chi connectivity index (χ2v) is 5.84. The lowest BCUT2D eigenvalue weighted by Gasteiger charge is -2.35. The topological polar surface area (TPSA) is 38.9 Å². The molecule has 5 heteroatoms. The van der Waals surface area contributed by atoms with E-state index in [0.29, 0.717) is 16.5 Å². The normalized spacial score (nSPS) is 19.9. The van der Waals surface area contributed by atoms with Gasteiger partial charge in [0.1, 0.15) is 0 Å². The zero-order chi connectivity index (χ0) is 11.4. The van der Waals surface area contributed by atoms with E-state index in [4.69, 9.17) is 4.42 Å². The van der Waals surface area contributed by atoms with Crippen molar-refractivity contribution in [3.05, 3.63) is 5.89 Å². The van der Waals surface area contributed by atoms with Gasteiger partial charge in [0, 0.05) is 12.7 Å². The Bertz CT molecular complexity index is 334. The molecule has 1 aromatic rings. The fourth-order valence-electron chi connectivity index (χ4n) is 2.20. The molecule has 1 aliphatic carbocycles. The number of hydrogen-bond acceptors (Lipinski definition) is 5. The van der Waals surface area contributed by atoms with Crippen LogP contribution in [-0.2, 0) is 0 Å². The lowest BCUT2D eigenvalue weighted by molar-refractivity contribution is 0.258. The minimum absolute atomic E-state index is 0.383. The van der Waals surface area contributed by atoms with Crippen LogP contribution < -0.4 is 0 Å². The second kappa shape index (κ2) is 5.45. The van der Waals surface area contributed by atoms with E-state index in [1.165, 1.54) is 32.1 Å². The van der Waals surface area contributed by atoms with Crippen molar-refractivity contribution in [1.82, 2.24) is 10.2 Å². The molecule has 0 N–H and O–H groups in total. The average Bonchev–Trinajstić information content (AvgIpc) is 2.74. The summed E-state index contributed by atoms with van der Waals surface area (Å²) in [7, 11) is 0. The molecule has 1 aromatic heterocycles. The van der Waals surface area contributed by atoms with Crippen LogP contribution in [0.25, 0.3) is 0 Å². The van der Waals surface area contributed by atoms with Crippen molar-refractivity contribution < 1.29 is 4.42 Å². The molecule has 1 heterocycles. The van der Waals surface area contributed by atoms with Crippen LogP contribution in [0, 0.1) is 12.3 Å². The molecule has 0 radical (unpaired) electrons. The van der Waals surface area contributed by atoms with E-state index in [1.54, 1.807) is 11.8 Å². The Kier molecular flexibility index (Phi) is 4.19. The second-order valence-electron chi connectivity index (χ2n) is 4.59.